The highest BCUT2D eigenvalue weighted by atomic mass is 32.2. The van der Waals surface area contributed by atoms with Gasteiger partial charge in [0.25, 0.3) is 0 Å². The van der Waals surface area contributed by atoms with Crippen molar-refractivity contribution in [2.75, 3.05) is 43.1 Å². The van der Waals surface area contributed by atoms with Crippen molar-refractivity contribution in [3.8, 4) is 11.3 Å². The van der Waals surface area contributed by atoms with Gasteiger partial charge in [-0.3, -0.25) is 4.79 Å². The van der Waals surface area contributed by atoms with Crippen molar-refractivity contribution < 1.29 is 13.2 Å². The van der Waals surface area contributed by atoms with Crippen LogP contribution < -0.4 is 10.2 Å². The van der Waals surface area contributed by atoms with Crippen LogP contribution in [-0.2, 0) is 9.84 Å². The van der Waals surface area contributed by atoms with Crippen LogP contribution in [0.15, 0.2) is 36.7 Å². The lowest BCUT2D eigenvalue weighted by molar-refractivity contribution is 0.0860. The molecule has 182 valence electrons. The number of nitrogens with zero attached hydrogens (tertiary/aromatic N) is 3. The quantitative estimate of drug-likeness (QED) is 0.374. The van der Waals surface area contributed by atoms with E-state index in [9.17, 15) is 13.2 Å². The highest BCUT2D eigenvalue weighted by molar-refractivity contribution is 7.90. The van der Waals surface area contributed by atoms with Crippen LogP contribution >= 0.6 is 0 Å². The fourth-order valence-electron chi connectivity index (χ4n) is 4.27. The van der Waals surface area contributed by atoms with Gasteiger partial charge in [0, 0.05) is 48.8 Å². The van der Waals surface area contributed by atoms with Gasteiger partial charge in [-0.1, -0.05) is 32.9 Å². The van der Waals surface area contributed by atoms with Crippen LogP contribution in [0, 0.1) is 11.3 Å². The van der Waals surface area contributed by atoms with Crippen molar-refractivity contribution in [3.63, 3.8) is 0 Å². The zero-order valence-electron chi connectivity index (χ0n) is 20.3. The maximum Gasteiger partial charge on any atom is 0.171 e. The lowest BCUT2D eigenvalue weighted by Gasteiger charge is -2.20. The van der Waals surface area contributed by atoms with Crippen molar-refractivity contribution in [1.82, 2.24) is 20.3 Å². The number of benzene rings is 1. The molecule has 8 nitrogen and oxygen atoms in total. The Hall–Kier alpha value is -2.78. The van der Waals surface area contributed by atoms with Gasteiger partial charge in [0.05, 0.1) is 23.2 Å². The first-order valence-corrected chi connectivity index (χ1v) is 13.7. The number of fused-ring (bicyclic) bond motifs is 1. The summed E-state index contributed by atoms with van der Waals surface area (Å²) in [4.78, 5) is 27.6. The third-order valence-corrected chi connectivity index (χ3v) is 7.13. The summed E-state index contributed by atoms with van der Waals surface area (Å²) in [6, 6.07) is 8.25. The van der Waals surface area contributed by atoms with Crippen LogP contribution in [0.25, 0.3) is 22.4 Å². The molecule has 2 aromatic heterocycles. The molecule has 9 heteroatoms. The number of carbonyl (C=O) groups is 1. The van der Waals surface area contributed by atoms with E-state index in [-0.39, 0.29) is 11.5 Å². The first kappa shape index (κ1) is 24.3. The van der Waals surface area contributed by atoms with Gasteiger partial charge in [-0.2, -0.15) is 0 Å². The average molecular weight is 484 g/mol. The van der Waals surface area contributed by atoms with Crippen LogP contribution in [0.3, 0.4) is 0 Å². The fourth-order valence-corrected chi connectivity index (χ4v) is 4.78. The van der Waals surface area contributed by atoms with E-state index < -0.39 is 15.3 Å². The number of ketones is 1. The van der Waals surface area contributed by atoms with Gasteiger partial charge in [-0.25, -0.2) is 18.4 Å². The Morgan fingerprint density at radius 2 is 2.09 bits per heavy atom. The number of aromatic amines is 1. The van der Waals surface area contributed by atoms with Crippen molar-refractivity contribution in [2.45, 2.75) is 27.2 Å². The third kappa shape index (κ3) is 5.64. The molecule has 3 heterocycles. The average Bonchev–Trinajstić information content (AvgIpc) is 3.42. The third-order valence-electron chi connectivity index (χ3n) is 6.18. The first-order chi connectivity index (χ1) is 16.0. The zero-order valence-corrected chi connectivity index (χ0v) is 21.1. The molecule has 34 heavy (non-hydrogen) atoms. The van der Waals surface area contributed by atoms with Gasteiger partial charge in [-0.05, 0) is 31.0 Å². The summed E-state index contributed by atoms with van der Waals surface area (Å²) in [5.41, 5.74) is 4.09. The van der Waals surface area contributed by atoms with Crippen molar-refractivity contribution >= 4 is 32.5 Å². The maximum atomic E-state index is 12.9. The monoisotopic (exact) mass is 483 g/mol. The van der Waals surface area contributed by atoms with E-state index in [4.69, 9.17) is 4.98 Å². The Kier molecular flexibility index (Phi) is 6.78. The largest absolute Gasteiger partial charge is 0.371 e. The normalized spacial score (nSPS) is 16.9. The molecule has 1 aliphatic rings. The second kappa shape index (κ2) is 9.46. The highest BCUT2D eigenvalue weighted by Crippen LogP contribution is 2.30. The Balaban J connectivity index is 1.48. The smallest absolute Gasteiger partial charge is 0.171 e. The first-order valence-electron chi connectivity index (χ1n) is 11.6. The van der Waals surface area contributed by atoms with Crippen LogP contribution in [0.1, 0.15) is 37.6 Å². The number of hydrogen-bond acceptors (Lipinski definition) is 7. The Bertz CT molecular complexity index is 1290. The zero-order chi connectivity index (χ0) is 24.5. The van der Waals surface area contributed by atoms with E-state index in [2.05, 4.69) is 32.3 Å². The second-order valence-electron chi connectivity index (χ2n) is 10.2. The van der Waals surface area contributed by atoms with E-state index in [1.807, 2.05) is 32.9 Å². The molecule has 0 spiro atoms. The van der Waals surface area contributed by atoms with Gasteiger partial charge in [0.2, 0.25) is 0 Å². The van der Waals surface area contributed by atoms with Crippen molar-refractivity contribution in [2.24, 2.45) is 11.3 Å². The predicted molar refractivity (Wildman–Crippen MR) is 136 cm³/mol. The Labute approximate surface area is 201 Å². The number of sulfone groups is 1. The minimum Gasteiger partial charge on any atom is -0.371 e. The number of Topliss-reactive ketones (excluding diaryl/α,β-unsaturated/α-hetero) is 1. The van der Waals surface area contributed by atoms with Crippen LogP contribution in [0.2, 0.25) is 0 Å². The SMILES string of the molecule is CC(C)(C)C(=O)c1c[nH]c2ncc(-c3cccc(N4CCC(CNCCS(C)(=O)=O)C4)c3)nc12. The van der Waals surface area contributed by atoms with E-state index in [1.54, 1.807) is 12.4 Å². The molecule has 1 saturated heterocycles. The summed E-state index contributed by atoms with van der Waals surface area (Å²) in [5.74, 6) is 0.679. The Morgan fingerprint density at radius 3 is 2.82 bits per heavy atom. The molecule has 0 bridgehead atoms. The molecule has 0 aliphatic carbocycles. The summed E-state index contributed by atoms with van der Waals surface area (Å²) in [7, 11) is -2.93. The molecule has 2 N–H and O–H groups in total. The topological polar surface area (TPSA) is 108 Å². The molecule has 0 amide bonds. The number of hydrogen-bond donors (Lipinski definition) is 2. The van der Waals surface area contributed by atoms with Crippen molar-refractivity contribution in [1.29, 1.82) is 0 Å². The molecule has 0 saturated carbocycles. The minimum atomic E-state index is -2.93. The number of anilines is 1. The number of aromatic nitrogens is 3. The molecule has 1 fully saturated rings. The number of carbonyl (C=O) groups excluding carboxylic acids is 1. The molecule has 1 atom stereocenters. The minimum absolute atomic E-state index is 0.0344. The summed E-state index contributed by atoms with van der Waals surface area (Å²) >= 11 is 0. The maximum absolute atomic E-state index is 12.9. The molecule has 1 unspecified atom stereocenters. The molecule has 3 aromatic rings. The molecular formula is C25H33N5O3S. The predicted octanol–water partition coefficient (Wildman–Crippen LogP) is 3.31. The number of rotatable bonds is 8. The molecule has 1 aromatic carbocycles. The standard InChI is InChI=1S/C25H33N5O3S/c1-25(2,3)23(31)20-14-27-24-22(20)29-21(15-28-24)18-6-5-7-19(12-18)30-10-8-17(16-30)13-26-9-11-34(4,32)33/h5-7,12,14-15,17,26H,8-11,13,16H2,1-4H3,(H,27,28). The second-order valence-corrected chi connectivity index (χ2v) is 12.5. The molecular weight excluding hydrogens is 450 g/mol. The number of nitrogens with one attached hydrogen (secondary N) is 2. The van der Waals surface area contributed by atoms with Gasteiger partial charge in [0.15, 0.2) is 11.4 Å². The van der Waals surface area contributed by atoms with E-state index >= 15 is 0 Å². The van der Waals surface area contributed by atoms with Gasteiger partial charge in [0.1, 0.15) is 15.4 Å². The van der Waals surface area contributed by atoms with Crippen LogP contribution in [-0.4, -0.2) is 67.3 Å². The summed E-state index contributed by atoms with van der Waals surface area (Å²) < 4.78 is 22.6. The Morgan fingerprint density at radius 1 is 1.29 bits per heavy atom. The molecule has 1 aliphatic heterocycles. The van der Waals surface area contributed by atoms with E-state index in [0.717, 1.165) is 43.0 Å². The summed E-state index contributed by atoms with van der Waals surface area (Å²) in [6.45, 7) is 8.88. The fraction of sp³-hybridized carbons (Fsp3) is 0.480. The van der Waals surface area contributed by atoms with Crippen LogP contribution in [0.5, 0.6) is 0 Å². The number of H-pyrrole nitrogens is 1. The van der Waals surface area contributed by atoms with E-state index in [1.165, 1.54) is 6.26 Å². The molecule has 0 radical (unpaired) electrons. The highest BCUT2D eigenvalue weighted by Gasteiger charge is 2.27. The molecule has 4 rings (SSSR count). The van der Waals surface area contributed by atoms with Gasteiger partial charge in [-0.15, -0.1) is 0 Å². The van der Waals surface area contributed by atoms with E-state index in [0.29, 0.717) is 29.2 Å². The summed E-state index contributed by atoms with van der Waals surface area (Å²) in [6.07, 6.45) is 5.76. The van der Waals surface area contributed by atoms with Gasteiger partial charge >= 0.3 is 0 Å². The van der Waals surface area contributed by atoms with Crippen molar-refractivity contribution in [3.05, 3.63) is 42.2 Å². The lowest BCUT2D eigenvalue weighted by Crippen LogP contribution is -2.29. The lowest BCUT2D eigenvalue weighted by atomic mass is 9.87. The van der Waals surface area contributed by atoms with Gasteiger partial charge < -0.3 is 15.2 Å². The summed E-state index contributed by atoms with van der Waals surface area (Å²) in [5, 5.41) is 3.28. The van der Waals surface area contributed by atoms with Crippen LogP contribution in [0.4, 0.5) is 5.69 Å².